The fourth-order valence-corrected chi connectivity index (χ4v) is 4.98. The van der Waals surface area contributed by atoms with Crippen LogP contribution in [-0.2, 0) is 16.0 Å². The Morgan fingerprint density at radius 3 is 2.94 bits per heavy atom. The maximum Gasteiger partial charge on any atom is 0.237 e. The average Bonchev–Trinajstić information content (AvgIpc) is 3.26. The van der Waals surface area contributed by atoms with Gasteiger partial charge in [0.1, 0.15) is 19.0 Å². The van der Waals surface area contributed by atoms with E-state index < -0.39 is 6.10 Å². The summed E-state index contributed by atoms with van der Waals surface area (Å²) in [5, 5.41) is 12.4. The highest BCUT2D eigenvalue weighted by molar-refractivity contribution is 7.10. The van der Waals surface area contributed by atoms with Crippen molar-refractivity contribution in [1.82, 2.24) is 9.80 Å². The number of carbonyl (C=O) groups excluding carboxylic acids is 1. The number of rotatable bonds is 11. The average molecular weight is 471 g/mol. The molecule has 0 aliphatic carbocycles. The topological polar surface area (TPSA) is 62.2 Å². The van der Waals surface area contributed by atoms with Crippen LogP contribution in [0.15, 0.2) is 35.7 Å². The summed E-state index contributed by atoms with van der Waals surface area (Å²) in [6.07, 6.45) is 5.34. The normalized spacial score (nSPS) is 16.5. The molecule has 0 bridgehead atoms. The summed E-state index contributed by atoms with van der Waals surface area (Å²) in [4.78, 5) is 18.7. The largest absolute Gasteiger partial charge is 0.491 e. The van der Waals surface area contributed by atoms with E-state index in [0.29, 0.717) is 19.7 Å². The molecule has 1 aromatic carbocycles. The van der Waals surface area contributed by atoms with E-state index in [1.54, 1.807) is 11.3 Å². The zero-order valence-corrected chi connectivity index (χ0v) is 20.5. The summed E-state index contributed by atoms with van der Waals surface area (Å²) in [6, 6.07) is 10.0. The number of hydrogen-bond donors (Lipinski definition) is 1. The van der Waals surface area contributed by atoms with Crippen LogP contribution in [0, 0.1) is 19.3 Å². The minimum absolute atomic E-state index is 0.0372. The third kappa shape index (κ3) is 7.05. The summed E-state index contributed by atoms with van der Waals surface area (Å²) in [5.74, 6) is 3.24. The standard InChI is InChI=1S/C26H34N2O4S/c1-5-12-31-17-21(29)15-27(19(2)3)16-26(30)28-11-9-25-23(10-13-33-25)24(28)18-32-22-8-6-7-20(4)14-22/h1,6-8,10,13-14,19,21,24,29H,9,11-12,15-18H2,2-4H3. The lowest BCUT2D eigenvalue weighted by Gasteiger charge is -2.38. The van der Waals surface area contributed by atoms with E-state index in [1.165, 1.54) is 10.4 Å². The van der Waals surface area contributed by atoms with E-state index in [1.807, 2.05) is 54.8 Å². The van der Waals surface area contributed by atoms with Gasteiger partial charge in [-0.3, -0.25) is 9.69 Å². The van der Waals surface area contributed by atoms with E-state index >= 15 is 0 Å². The van der Waals surface area contributed by atoms with Crippen LogP contribution in [0.25, 0.3) is 0 Å². The van der Waals surface area contributed by atoms with Gasteiger partial charge in [0.05, 0.1) is 25.3 Å². The summed E-state index contributed by atoms with van der Waals surface area (Å²) < 4.78 is 11.4. The monoisotopic (exact) mass is 470 g/mol. The molecule has 2 unspecified atom stereocenters. The van der Waals surface area contributed by atoms with Crippen LogP contribution >= 0.6 is 11.3 Å². The molecule has 3 rings (SSSR count). The van der Waals surface area contributed by atoms with Gasteiger partial charge in [0.2, 0.25) is 5.91 Å². The molecule has 0 spiro atoms. The van der Waals surface area contributed by atoms with Crippen molar-refractivity contribution in [2.75, 3.05) is 39.5 Å². The first-order chi connectivity index (χ1) is 15.9. The maximum atomic E-state index is 13.5. The lowest BCUT2D eigenvalue weighted by atomic mass is 10.00. The number of hydrogen-bond acceptors (Lipinski definition) is 6. The van der Waals surface area contributed by atoms with Crippen LogP contribution in [0.3, 0.4) is 0 Å². The van der Waals surface area contributed by atoms with Crippen molar-refractivity contribution in [3.8, 4) is 18.1 Å². The number of aliphatic hydroxyl groups is 1. The molecule has 0 saturated heterocycles. The second kappa shape index (κ2) is 12.2. The van der Waals surface area contributed by atoms with Crippen LogP contribution in [0.4, 0.5) is 0 Å². The van der Waals surface area contributed by atoms with Crippen LogP contribution in [0.2, 0.25) is 0 Å². The van der Waals surface area contributed by atoms with Crippen LogP contribution in [-0.4, -0.2) is 72.4 Å². The Kier molecular flexibility index (Phi) is 9.33. The molecule has 1 aliphatic heterocycles. The molecule has 0 saturated carbocycles. The van der Waals surface area contributed by atoms with Crippen molar-refractivity contribution in [1.29, 1.82) is 0 Å². The molecule has 2 atom stereocenters. The number of ether oxygens (including phenoxy) is 2. The molecule has 2 heterocycles. The minimum Gasteiger partial charge on any atom is -0.491 e. The van der Waals surface area contributed by atoms with Gasteiger partial charge in [-0.25, -0.2) is 0 Å². The van der Waals surface area contributed by atoms with E-state index in [2.05, 4.69) is 17.4 Å². The molecule has 1 aliphatic rings. The first-order valence-corrected chi connectivity index (χ1v) is 12.3. The number of nitrogens with zero attached hydrogens (tertiary/aromatic N) is 2. The van der Waals surface area contributed by atoms with Gasteiger partial charge in [-0.2, -0.15) is 0 Å². The third-order valence-electron chi connectivity index (χ3n) is 5.82. The molecule has 2 aromatic rings. The number of carbonyl (C=O) groups is 1. The van der Waals surface area contributed by atoms with Crippen LogP contribution < -0.4 is 4.74 Å². The Balaban J connectivity index is 1.68. The zero-order valence-electron chi connectivity index (χ0n) is 19.7. The number of aryl methyl sites for hydroxylation is 1. The van der Waals surface area contributed by atoms with Gasteiger partial charge >= 0.3 is 0 Å². The van der Waals surface area contributed by atoms with Crippen molar-refractivity contribution in [3.63, 3.8) is 0 Å². The number of benzene rings is 1. The van der Waals surface area contributed by atoms with Crippen LogP contribution in [0.5, 0.6) is 5.75 Å². The van der Waals surface area contributed by atoms with Gasteiger partial charge in [-0.1, -0.05) is 18.1 Å². The van der Waals surface area contributed by atoms with Gasteiger partial charge in [-0.05, 0) is 61.9 Å². The Morgan fingerprint density at radius 1 is 1.39 bits per heavy atom. The second-order valence-electron chi connectivity index (χ2n) is 8.68. The maximum absolute atomic E-state index is 13.5. The number of aliphatic hydroxyl groups excluding tert-OH is 1. The number of thiophene rings is 1. The van der Waals surface area contributed by atoms with Gasteiger partial charge in [0, 0.05) is 24.0 Å². The molecule has 6 nitrogen and oxygen atoms in total. The molecule has 7 heteroatoms. The fraction of sp³-hybridized carbons (Fsp3) is 0.500. The molecule has 178 valence electrons. The molecule has 0 fully saturated rings. The zero-order chi connectivity index (χ0) is 23.8. The molecule has 0 radical (unpaired) electrons. The van der Waals surface area contributed by atoms with E-state index in [0.717, 1.165) is 17.7 Å². The Bertz CT molecular complexity index is 952. The van der Waals surface area contributed by atoms with Crippen molar-refractivity contribution in [3.05, 3.63) is 51.7 Å². The Labute approximate surface area is 201 Å². The highest BCUT2D eigenvalue weighted by atomic mass is 32.1. The second-order valence-corrected chi connectivity index (χ2v) is 9.68. The van der Waals surface area contributed by atoms with Gasteiger partial charge < -0.3 is 19.5 Å². The van der Waals surface area contributed by atoms with Crippen LogP contribution in [0.1, 0.15) is 35.9 Å². The molecular weight excluding hydrogens is 436 g/mol. The van der Waals surface area contributed by atoms with Crippen molar-refractivity contribution < 1.29 is 19.4 Å². The van der Waals surface area contributed by atoms with Gasteiger partial charge in [0.25, 0.3) is 0 Å². The predicted molar refractivity (Wildman–Crippen MR) is 132 cm³/mol. The summed E-state index contributed by atoms with van der Waals surface area (Å²) >= 11 is 1.74. The number of fused-ring (bicyclic) bond motifs is 1. The Hall–Kier alpha value is -2.37. The van der Waals surface area contributed by atoms with Crippen molar-refractivity contribution >= 4 is 17.2 Å². The first-order valence-electron chi connectivity index (χ1n) is 11.4. The van der Waals surface area contributed by atoms with E-state index in [4.69, 9.17) is 15.9 Å². The first kappa shape index (κ1) is 25.3. The quantitative estimate of drug-likeness (QED) is 0.403. The summed E-state index contributed by atoms with van der Waals surface area (Å²) in [6.45, 7) is 8.03. The lowest BCUT2D eigenvalue weighted by molar-refractivity contribution is -0.137. The molecule has 1 amide bonds. The van der Waals surface area contributed by atoms with Crippen molar-refractivity contribution in [2.24, 2.45) is 0 Å². The third-order valence-corrected chi connectivity index (χ3v) is 6.82. The van der Waals surface area contributed by atoms with E-state index in [-0.39, 0.29) is 37.7 Å². The predicted octanol–water partition coefficient (Wildman–Crippen LogP) is 3.28. The molecule has 33 heavy (non-hydrogen) atoms. The lowest BCUT2D eigenvalue weighted by Crippen LogP contribution is -2.49. The number of amides is 1. The summed E-state index contributed by atoms with van der Waals surface area (Å²) in [7, 11) is 0. The highest BCUT2D eigenvalue weighted by Crippen LogP contribution is 2.34. The highest BCUT2D eigenvalue weighted by Gasteiger charge is 2.33. The number of terminal acetylenes is 1. The molecular formula is C26H34N2O4S. The smallest absolute Gasteiger partial charge is 0.237 e. The summed E-state index contributed by atoms with van der Waals surface area (Å²) in [5.41, 5.74) is 2.31. The molecule has 1 aromatic heterocycles. The SMILES string of the molecule is C#CCOCC(O)CN(CC(=O)N1CCc2sccc2C1COc1cccc(C)c1)C(C)C. The fourth-order valence-electron chi connectivity index (χ4n) is 4.05. The van der Waals surface area contributed by atoms with Gasteiger partial charge in [0.15, 0.2) is 0 Å². The Morgan fingerprint density at radius 2 is 2.21 bits per heavy atom. The minimum atomic E-state index is -0.709. The van der Waals surface area contributed by atoms with Gasteiger partial charge in [-0.15, -0.1) is 17.8 Å². The van der Waals surface area contributed by atoms with E-state index in [9.17, 15) is 9.90 Å². The van der Waals surface area contributed by atoms with Crippen molar-refractivity contribution in [2.45, 2.75) is 45.4 Å². The molecule has 1 N–H and O–H groups in total.